The zero-order valence-corrected chi connectivity index (χ0v) is 13.3. The first-order chi connectivity index (χ1) is 10.4. The van der Waals surface area contributed by atoms with Crippen molar-refractivity contribution in [1.29, 1.82) is 0 Å². The molecule has 3 aromatic carbocycles. The van der Waals surface area contributed by atoms with Gasteiger partial charge in [-0.05, 0) is 33.5 Å². The molecule has 0 amide bonds. The summed E-state index contributed by atoms with van der Waals surface area (Å²) in [5, 5.41) is 8.56. The Hall–Kier alpha value is -1.74. The molecule has 0 N–H and O–H groups in total. The minimum absolute atomic E-state index is 0.700. The number of hydrogen-bond acceptors (Lipinski definition) is 0. The summed E-state index contributed by atoms with van der Waals surface area (Å²) in [6.45, 7) is 0. The Bertz CT molecular complexity index is 860. The molecule has 21 heavy (non-hydrogen) atoms. The van der Waals surface area contributed by atoms with Crippen LogP contribution in [-0.2, 0) is 0 Å². The second-order valence-electron chi connectivity index (χ2n) is 5.01. The fraction of sp³-hybridized carbons (Fsp3) is 0. The molecule has 100 valence electrons. The van der Waals surface area contributed by atoms with Crippen molar-refractivity contribution in [2.24, 2.45) is 0 Å². The molecule has 0 saturated heterocycles. The van der Waals surface area contributed by atoms with Crippen LogP contribution in [0.1, 0.15) is 0 Å². The van der Waals surface area contributed by atoms with Gasteiger partial charge in [-0.2, -0.15) is 0 Å². The quantitative estimate of drug-likeness (QED) is 0.352. The predicted molar refractivity (Wildman–Crippen MR) is 98.0 cm³/mol. The normalized spacial score (nSPS) is 11.6. The topological polar surface area (TPSA) is 0 Å². The molecule has 0 aliphatic rings. The van der Waals surface area contributed by atoms with Gasteiger partial charge in [-0.3, -0.25) is 0 Å². The Morgan fingerprint density at radius 3 is 1.71 bits per heavy atom. The summed E-state index contributed by atoms with van der Waals surface area (Å²) in [6, 6.07) is 28.4. The number of benzene rings is 3. The molecule has 0 spiro atoms. The van der Waals surface area contributed by atoms with Crippen LogP contribution in [0.25, 0.3) is 21.0 Å². The molecule has 0 saturated carbocycles. The average Bonchev–Trinajstić information content (AvgIpc) is 2.55. The summed E-state index contributed by atoms with van der Waals surface area (Å²) < 4.78 is 0. The maximum absolute atomic E-state index is 2.27. The summed E-state index contributed by atoms with van der Waals surface area (Å²) in [5.74, 6) is 0. The molecule has 1 unspecified atom stereocenters. The van der Waals surface area contributed by atoms with Crippen LogP contribution in [0.4, 0.5) is 0 Å². The van der Waals surface area contributed by atoms with Crippen LogP contribution in [0, 0.1) is 0 Å². The fourth-order valence-corrected chi connectivity index (χ4v) is 5.40. The third kappa shape index (κ3) is 2.46. The molecule has 0 bridgehead atoms. The van der Waals surface area contributed by atoms with Gasteiger partial charge in [-0.15, -0.1) is 0 Å². The summed E-state index contributed by atoms with van der Waals surface area (Å²) in [7, 11) is 2.03. The lowest BCUT2D eigenvalue weighted by atomic mass is 10.2. The number of hydrogen-bond donors (Lipinski definition) is 0. The van der Waals surface area contributed by atoms with Crippen molar-refractivity contribution in [3.05, 3.63) is 78.9 Å². The SMILES string of the molecule is c1ccc(Pc2c3ccccc3pc3ccccc23)cc1. The van der Waals surface area contributed by atoms with Crippen molar-refractivity contribution in [3.63, 3.8) is 0 Å². The van der Waals surface area contributed by atoms with Crippen LogP contribution in [0.5, 0.6) is 0 Å². The first-order valence-corrected chi connectivity index (χ1v) is 8.91. The standard InChI is InChI=1S/C19H14P2/c1-2-8-14(9-3-1)20-19-15-10-4-6-12-17(15)21-18-13-7-5-11-16(18)19/h1-13,20H. The Balaban J connectivity index is 2.02. The number of rotatable bonds is 2. The van der Waals surface area contributed by atoms with Gasteiger partial charge in [0.15, 0.2) is 0 Å². The van der Waals surface area contributed by atoms with Crippen LogP contribution in [0.15, 0.2) is 78.9 Å². The molecule has 1 aromatic heterocycles. The second-order valence-corrected chi connectivity index (χ2v) is 7.53. The maximum atomic E-state index is 2.27. The minimum Gasteiger partial charge on any atom is -0.0622 e. The van der Waals surface area contributed by atoms with Gasteiger partial charge >= 0.3 is 0 Å². The largest absolute Gasteiger partial charge is 0.0622 e. The number of fused-ring (bicyclic) bond motifs is 2. The molecule has 0 aliphatic carbocycles. The Morgan fingerprint density at radius 2 is 1.10 bits per heavy atom. The average molecular weight is 304 g/mol. The van der Waals surface area contributed by atoms with Gasteiger partial charge in [0.1, 0.15) is 0 Å². The smallest absolute Gasteiger partial charge is 0.0103 e. The highest BCUT2D eigenvalue weighted by Gasteiger charge is 2.08. The highest BCUT2D eigenvalue weighted by atomic mass is 31.1. The van der Waals surface area contributed by atoms with Crippen molar-refractivity contribution in [2.45, 2.75) is 0 Å². The van der Waals surface area contributed by atoms with Crippen LogP contribution in [0.2, 0.25) is 0 Å². The van der Waals surface area contributed by atoms with Gasteiger partial charge in [0.05, 0.1) is 0 Å². The minimum atomic E-state index is 0.700. The van der Waals surface area contributed by atoms with Gasteiger partial charge in [-0.1, -0.05) is 83.5 Å². The van der Waals surface area contributed by atoms with E-state index < -0.39 is 0 Å². The van der Waals surface area contributed by atoms with E-state index in [4.69, 9.17) is 0 Å². The van der Waals surface area contributed by atoms with Crippen LogP contribution in [0.3, 0.4) is 0 Å². The van der Waals surface area contributed by atoms with Gasteiger partial charge in [0.2, 0.25) is 0 Å². The van der Waals surface area contributed by atoms with Gasteiger partial charge in [0.25, 0.3) is 0 Å². The lowest BCUT2D eigenvalue weighted by Crippen LogP contribution is -2.05. The van der Waals surface area contributed by atoms with E-state index in [9.17, 15) is 0 Å². The lowest BCUT2D eigenvalue weighted by Gasteiger charge is -2.11. The van der Waals surface area contributed by atoms with E-state index in [1.165, 1.54) is 39.8 Å². The van der Waals surface area contributed by atoms with E-state index in [1.54, 1.807) is 0 Å². The zero-order valence-electron chi connectivity index (χ0n) is 11.5. The molecule has 0 fully saturated rings. The van der Waals surface area contributed by atoms with Crippen molar-refractivity contribution in [1.82, 2.24) is 0 Å². The fourth-order valence-electron chi connectivity index (χ4n) is 2.64. The van der Waals surface area contributed by atoms with E-state index >= 15 is 0 Å². The molecule has 0 radical (unpaired) electrons. The monoisotopic (exact) mass is 304 g/mol. The lowest BCUT2D eigenvalue weighted by molar-refractivity contribution is 1.78. The molecular weight excluding hydrogens is 290 g/mol. The third-order valence-corrected chi connectivity index (χ3v) is 6.30. The molecular formula is C19H14P2. The summed E-state index contributed by atoms with van der Waals surface area (Å²) >= 11 is 0. The molecule has 0 aliphatic heterocycles. The maximum Gasteiger partial charge on any atom is 0.0103 e. The second kappa shape index (κ2) is 5.57. The summed E-state index contributed by atoms with van der Waals surface area (Å²) in [6.07, 6.45) is 0. The van der Waals surface area contributed by atoms with E-state index in [1.807, 2.05) is 0 Å². The van der Waals surface area contributed by atoms with Crippen molar-refractivity contribution < 1.29 is 0 Å². The summed E-state index contributed by atoms with van der Waals surface area (Å²) in [5.41, 5.74) is 0. The van der Waals surface area contributed by atoms with E-state index in [0.717, 1.165) is 0 Å². The van der Waals surface area contributed by atoms with Crippen LogP contribution in [-0.4, -0.2) is 0 Å². The molecule has 0 nitrogen and oxygen atoms in total. The van der Waals surface area contributed by atoms with E-state index in [-0.39, 0.29) is 0 Å². The van der Waals surface area contributed by atoms with E-state index in [2.05, 4.69) is 78.9 Å². The zero-order chi connectivity index (χ0) is 14.1. The molecule has 2 heteroatoms. The van der Waals surface area contributed by atoms with Gasteiger partial charge < -0.3 is 0 Å². The van der Waals surface area contributed by atoms with Crippen LogP contribution < -0.4 is 10.6 Å². The first-order valence-electron chi connectivity index (χ1n) is 7.01. The molecule has 4 rings (SSSR count). The Labute approximate surface area is 127 Å². The van der Waals surface area contributed by atoms with E-state index in [0.29, 0.717) is 8.58 Å². The Kier molecular flexibility index (Phi) is 3.44. The van der Waals surface area contributed by atoms with Crippen molar-refractivity contribution in [2.75, 3.05) is 0 Å². The highest BCUT2D eigenvalue weighted by molar-refractivity contribution is 7.57. The van der Waals surface area contributed by atoms with Crippen LogP contribution >= 0.6 is 16.8 Å². The third-order valence-electron chi connectivity index (χ3n) is 3.63. The van der Waals surface area contributed by atoms with Gasteiger partial charge in [-0.25, -0.2) is 0 Å². The molecule has 1 atom stereocenters. The first kappa shape index (κ1) is 13.0. The van der Waals surface area contributed by atoms with Crippen molar-refractivity contribution in [3.8, 4) is 0 Å². The molecule has 1 heterocycles. The van der Waals surface area contributed by atoms with Gasteiger partial charge in [0, 0.05) is 10.2 Å². The summed E-state index contributed by atoms with van der Waals surface area (Å²) in [4.78, 5) is 0. The van der Waals surface area contributed by atoms with Crippen molar-refractivity contribution >= 4 is 48.4 Å². The molecule has 4 aromatic rings. The highest BCUT2D eigenvalue weighted by Crippen LogP contribution is 2.34. The predicted octanol–water partition coefficient (Wildman–Crippen LogP) is 5.20. The Morgan fingerprint density at radius 1 is 0.571 bits per heavy atom.